The summed E-state index contributed by atoms with van der Waals surface area (Å²) in [6.07, 6.45) is 3.57. The summed E-state index contributed by atoms with van der Waals surface area (Å²) in [4.78, 5) is 4.06. The largest absolute Gasteiger partial charge is 0.409 e. The van der Waals surface area contributed by atoms with Crippen LogP contribution in [-0.2, 0) is 0 Å². The van der Waals surface area contributed by atoms with E-state index in [9.17, 15) is 0 Å². The van der Waals surface area contributed by atoms with Gasteiger partial charge in [-0.1, -0.05) is 18.1 Å². The van der Waals surface area contributed by atoms with Gasteiger partial charge < -0.3 is 16.3 Å². The maximum absolute atomic E-state index is 8.51. The summed E-state index contributed by atoms with van der Waals surface area (Å²) in [5.41, 5.74) is 6.61. The van der Waals surface area contributed by atoms with E-state index in [1.165, 1.54) is 0 Å². The molecule has 0 amide bonds. The average Bonchev–Trinajstić information content (AvgIpc) is 2.35. The Morgan fingerprint density at radius 1 is 1.62 bits per heavy atom. The summed E-state index contributed by atoms with van der Waals surface area (Å²) in [6, 6.07) is 4.11. The van der Waals surface area contributed by atoms with Gasteiger partial charge in [0.1, 0.15) is 5.84 Å². The van der Waals surface area contributed by atoms with Crippen molar-refractivity contribution in [3.63, 3.8) is 0 Å². The topological polar surface area (TPSA) is 83.5 Å². The molecule has 0 aliphatic carbocycles. The molecule has 1 aromatic rings. The first-order valence-corrected chi connectivity index (χ1v) is 5.26. The van der Waals surface area contributed by atoms with Gasteiger partial charge in [0.05, 0.1) is 0 Å². The molecular formula is C11H18N4O. The molecular weight excluding hydrogens is 204 g/mol. The van der Waals surface area contributed by atoms with E-state index in [0.717, 1.165) is 5.56 Å². The second-order valence-electron chi connectivity index (χ2n) is 3.84. The molecule has 1 unspecified atom stereocenters. The zero-order valence-corrected chi connectivity index (χ0v) is 9.59. The van der Waals surface area contributed by atoms with Crippen LogP contribution in [0.5, 0.6) is 0 Å². The maximum atomic E-state index is 8.51. The number of nitrogens with one attached hydrogen (secondary N) is 1. The van der Waals surface area contributed by atoms with Crippen LogP contribution in [0.4, 0.5) is 0 Å². The van der Waals surface area contributed by atoms with Crippen molar-refractivity contribution in [1.29, 1.82) is 0 Å². The summed E-state index contributed by atoms with van der Waals surface area (Å²) < 4.78 is 0. The highest BCUT2D eigenvalue weighted by Gasteiger charge is 2.10. The molecule has 0 aliphatic heterocycles. The zero-order valence-electron chi connectivity index (χ0n) is 9.59. The standard InChI is InChI=1S/C11H18N4O/c1-8(11(12)15-16)6-14-9(2)10-4-3-5-13-7-10/h3-5,7-9,14,16H,6H2,1-2H3,(H2,12,15)/t8?,9-/m0/s1. The van der Waals surface area contributed by atoms with Crippen LogP contribution >= 0.6 is 0 Å². The van der Waals surface area contributed by atoms with E-state index in [0.29, 0.717) is 6.54 Å². The van der Waals surface area contributed by atoms with Crippen LogP contribution in [0.3, 0.4) is 0 Å². The Labute approximate surface area is 95.4 Å². The lowest BCUT2D eigenvalue weighted by atomic mass is 10.1. The van der Waals surface area contributed by atoms with Crippen LogP contribution in [0.2, 0.25) is 0 Å². The van der Waals surface area contributed by atoms with E-state index < -0.39 is 0 Å². The molecule has 16 heavy (non-hydrogen) atoms. The van der Waals surface area contributed by atoms with E-state index in [4.69, 9.17) is 10.9 Å². The van der Waals surface area contributed by atoms with Crippen molar-refractivity contribution in [2.45, 2.75) is 19.9 Å². The van der Waals surface area contributed by atoms with Gasteiger partial charge in [0, 0.05) is 30.9 Å². The van der Waals surface area contributed by atoms with Crippen LogP contribution < -0.4 is 11.1 Å². The van der Waals surface area contributed by atoms with E-state index in [1.54, 1.807) is 6.20 Å². The van der Waals surface area contributed by atoms with E-state index in [1.807, 2.05) is 25.3 Å². The second-order valence-corrected chi connectivity index (χ2v) is 3.84. The first kappa shape index (κ1) is 12.4. The van der Waals surface area contributed by atoms with Gasteiger partial charge in [-0.05, 0) is 18.6 Å². The van der Waals surface area contributed by atoms with Crippen LogP contribution in [0.1, 0.15) is 25.5 Å². The lowest BCUT2D eigenvalue weighted by Gasteiger charge is -2.16. The van der Waals surface area contributed by atoms with E-state index in [-0.39, 0.29) is 17.8 Å². The number of amidine groups is 1. The predicted octanol–water partition coefficient (Wildman–Crippen LogP) is 1.11. The molecule has 0 fully saturated rings. The maximum Gasteiger partial charge on any atom is 0.143 e. The summed E-state index contributed by atoms with van der Waals surface area (Å²) in [6.45, 7) is 4.61. The number of rotatable bonds is 5. The minimum Gasteiger partial charge on any atom is -0.409 e. The summed E-state index contributed by atoms with van der Waals surface area (Å²) in [5, 5.41) is 14.8. The van der Waals surface area contributed by atoms with Gasteiger partial charge in [-0.25, -0.2) is 0 Å². The fourth-order valence-corrected chi connectivity index (χ4v) is 1.31. The van der Waals surface area contributed by atoms with Crippen molar-refractivity contribution in [1.82, 2.24) is 10.3 Å². The molecule has 4 N–H and O–H groups in total. The van der Waals surface area contributed by atoms with Gasteiger partial charge in [0.25, 0.3) is 0 Å². The third kappa shape index (κ3) is 3.51. The highest BCUT2D eigenvalue weighted by atomic mass is 16.4. The Balaban J connectivity index is 2.45. The number of aromatic nitrogens is 1. The molecule has 0 spiro atoms. The minimum absolute atomic E-state index is 0.00382. The zero-order chi connectivity index (χ0) is 12.0. The monoisotopic (exact) mass is 222 g/mol. The SMILES string of the molecule is CC(CN[C@@H](C)c1cccnc1)/C(N)=N/O. The van der Waals surface area contributed by atoms with Gasteiger partial charge in [-0.3, -0.25) is 4.98 Å². The van der Waals surface area contributed by atoms with Crippen molar-refractivity contribution in [2.75, 3.05) is 6.54 Å². The van der Waals surface area contributed by atoms with Crippen molar-refractivity contribution in [3.8, 4) is 0 Å². The predicted molar refractivity (Wildman–Crippen MR) is 63.2 cm³/mol. The molecule has 5 heteroatoms. The van der Waals surface area contributed by atoms with Gasteiger partial charge >= 0.3 is 0 Å². The number of hydrogen-bond acceptors (Lipinski definition) is 4. The van der Waals surface area contributed by atoms with E-state index in [2.05, 4.69) is 22.4 Å². The molecule has 1 aromatic heterocycles. The first-order valence-electron chi connectivity index (χ1n) is 5.26. The van der Waals surface area contributed by atoms with Gasteiger partial charge in [-0.2, -0.15) is 0 Å². The molecule has 88 valence electrons. The van der Waals surface area contributed by atoms with Crippen molar-refractivity contribution < 1.29 is 5.21 Å². The second kappa shape index (κ2) is 6.07. The summed E-state index contributed by atoms with van der Waals surface area (Å²) in [5.74, 6) is 0.245. The van der Waals surface area contributed by atoms with Crippen molar-refractivity contribution in [2.24, 2.45) is 16.8 Å². The molecule has 0 radical (unpaired) electrons. The van der Waals surface area contributed by atoms with Crippen LogP contribution in [0.15, 0.2) is 29.7 Å². The van der Waals surface area contributed by atoms with Gasteiger partial charge in [0.15, 0.2) is 0 Å². The fraction of sp³-hybridized carbons (Fsp3) is 0.455. The third-order valence-corrected chi connectivity index (χ3v) is 2.54. The molecule has 0 saturated heterocycles. The summed E-state index contributed by atoms with van der Waals surface area (Å²) >= 11 is 0. The van der Waals surface area contributed by atoms with Crippen molar-refractivity contribution >= 4 is 5.84 Å². The summed E-state index contributed by atoms with van der Waals surface area (Å²) in [7, 11) is 0. The number of nitrogens with zero attached hydrogens (tertiary/aromatic N) is 2. The molecule has 0 aromatic carbocycles. The number of pyridine rings is 1. The van der Waals surface area contributed by atoms with Gasteiger partial charge in [0.2, 0.25) is 0 Å². The number of oxime groups is 1. The molecule has 5 nitrogen and oxygen atoms in total. The highest BCUT2D eigenvalue weighted by Crippen LogP contribution is 2.10. The lowest BCUT2D eigenvalue weighted by molar-refractivity contribution is 0.313. The van der Waals surface area contributed by atoms with Gasteiger partial charge in [-0.15, -0.1) is 0 Å². The van der Waals surface area contributed by atoms with Crippen LogP contribution in [0.25, 0.3) is 0 Å². The normalized spacial score (nSPS) is 15.8. The Hall–Kier alpha value is -1.62. The lowest BCUT2D eigenvalue weighted by Crippen LogP contribution is -2.32. The third-order valence-electron chi connectivity index (χ3n) is 2.54. The fourth-order valence-electron chi connectivity index (χ4n) is 1.31. The quantitative estimate of drug-likeness (QED) is 0.301. The van der Waals surface area contributed by atoms with Crippen LogP contribution in [0, 0.1) is 5.92 Å². The Kier molecular flexibility index (Phi) is 4.72. The minimum atomic E-state index is 0.00382. The first-order chi connectivity index (χ1) is 7.65. The van der Waals surface area contributed by atoms with Crippen molar-refractivity contribution in [3.05, 3.63) is 30.1 Å². The molecule has 2 atom stereocenters. The molecule has 0 bridgehead atoms. The van der Waals surface area contributed by atoms with E-state index >= 15 is 0 Å². The number of nitrogens with two attached hydrogens (primary N) is 1. The molecule has 0 aliphatic rings. The molecule has 0 saturated carbocycles. The molecule has 1 rings (SSSR count). The Bertz CT molecular complexity index is 339. The number of hydrogen-bond donors (Lipinski definition) is 3. The molecule has 1 heterocycles. The average molecular weight is 222 g/mol. The Morgan fingerprint density at radius 3 is 2.94 bits per heavy atom. The Morgan fingerprint density at radius 2 is 2.38 bits per heavy atom. The smallest absolute Gasteiger partial charge is 0.143 e. The highest BCUT2D eigenvalue weighted by molar-refractivity contribution is 5.82. The van der Waals surface area contributed by atoms with Crippen LogP contribution in [-0.4, -0.2) is 22.6 Å².